The van der Waals surface area contributed by atoms with Crippen molar-refractivity contribution in [3.8, 4) is 5.75 Å². The summed E-state index contributed by atoms with van der Waals surface area (Å²) < 4.78 is 5.69. The normalized spacial score (nSPS) is 20.4. The molecule has 2 aromatic carbocycles. The molecular weight excluding hydrogens is 509 g/mol. The Labute approximate surface area is 229 Å². The molecule has 0 spiro atoms. The van der Waals surface area contributed by atoms with Crippen LogP contribution >= 0.6 is 23.2 Å². The number of carbonyl (C=O) groups is 1. The molecule has 0 aromatic heterocycles. The van der Waals surface area contributed by atoms with Crippen LogP contribution in [0, 0.1) is 0 Å². The van der Waals surface area contributed by atoms with Gasteiger partial charge in [-0.1, -0.05) is 35.7 Å². The zero-order valence-electron chi connectivity index (χ0n) is 21.6. The number of piperidine rings is 1. The third kappa shape index (κ3) is 7.77. The molecule has 0 bridgehead atoms. The number of piperazine rings is 1. The lowest BCUT2D eigenvalue weighted by Crippen LogP contribution is -2.50. The predicted octanol–water partition coefficient (Wildman–Crippen LogP) is 4.66. The van der Waals surface area contributed by atoms with E-state index in [1.807, 2.05) is 18.2 Å². The number of methoxy groups -OCH3 is 1. The van der Waals surface area contributed by atoms with Gasteiger partial charge in [-0.3, -0.25) is 4.79 Å². The molecule has 2 aliphatic rings. The first-order valence-electron chi connectivity index (χ1n) is 13.0. The number of carbonyl (C=O) groups excluding carboxylic acids is 1. The zero-order valence-corrected chi connectivity index (χ0v) is 23.1. The van der Waals surface area contributed by atoms with Crippen LogP contribution in [0.5, 0.6) is 5.75 Å². The van der Waals surface area contributed by atoms with Crippen molar-refractivity contribution in [2.75, 3.05) is 45.2 Å². The van der Waals surface area contributed by atoms with Crippen LogP contribution in [-0.2, 0) is 6.42 Å². The molecule has 7 nitrogen and oxygen atoms in total. The Balaban J connectivity index is 1.44. The van der Waals surface area contributed by atoms with E-state index in [2.05, 4.69) is 39.2 Å². The summed E-state index contributed by atoms with van der Waals surface area (Å²) in [4.78, 5) is 15.2. The van der Waals surface area contributed by atoms with Crippen molar-refractivity contribution in [3.63, 3.8) is 0 Å². The highest BCUT2D eigenvalue weighted by molar-refractivity contribution is 6.35. The standard InChI is InChI=1S/C28H37Cl2N5O2/c1-19-18-35(14-13-31-19)27(17-23-5-3-4-11-32-23)34-25-9-7-21(15-26(25)37-2)28(36)33-12-10-20-6-8-22(29)16-24(20)30/h6-9,15-17,19,23,31-32,34H,3-5,10-14,18H2,1-2H3,(H,33,36)/b27-17-/t19-,23?/m0/s1. The molecule has 0 aliphatic carbocycles. The second-order valence-corrected chi connectivity index (χ2v) is 10.5. The molecule has 1 amide bonds. The number of benzene rings is 2. The van der Waals surface area contributed by atoms with Crippen LogP contribution in [-0.4, -0.2) is 62.7 Å². The van der Waals surface area contributed by atoms with Gasteiger partial charge >= 0.3 is 0 Å². The first-order chi connectivity index (χ1) is 17.9. The van der Waals surface area contributed by atoms with Crippen LogP contribution in [0.3, 0.4) is 0 Å². The number of rotatable bonds is 9. The van der Waals surface area contributed by atoms with Gasteiger partial charge in [-0.05, 0) is 74.7 Å². The van der Waals surface area contributed by atoms with Gasteiger partial charge in [0, 0.05) is 53.9 Å². The van der Waals surface area contributed by atoms with Crippen LogP contribution in [0.15, 0.2) is 48.3 Å². The van der Waals surface area contributed by atoms with Gasteiger partial charge in [-0.25, -0.2) is 0 Å². The molecule has 2 saturated heterocycles. The molecule has 2 heterocycles. The summed E-state index contributed by atoms with van der Waals surface area (Å²) in [5.74, 6) is 1.54. The van der Waals surface area contributed by atoms with Crippen LogP contribution in [0.1, 0.15) is 42.1 Å². The first-order valence-corrected chi connectivity index (χ1v) is 13.8. The van der Waals surface area contributed by atoms with E-state index in [9.17, 15) is 4.79 Å². The molecule has 200 valence electrons. The van der Waals surface area contributed by atoms with Crippen LogP contribution in [0.25, 0.3) is 0 Å². The summed E-state index contributed by atoms with van der Waals surface area (Å²) in [6, 6.07) is 11.7. The van der Waals surface area contributed by atoms with Crippen molar-refractivity contribution in [2.45, 2.75) is 44.7 Å². The fourth-order valence-electron chi connectivity index (χ4n) is 4.80. The van der Waals surface area contributed by atoms with E-state index in [-0.39, 0.29) is 5.91 Å². The van der Waals surface area contributed by atoms with Crippen molar-refractivity contribution < 1.29 is 9.53 Å². The van der Waals surface area contributed by atoms with Gasteiger partial charge < -0.3 is 30.9 Å². The lowest BCUT2D eigenvalue weighted by atomic mass is 10.0. The number of hydrogen-bond donors (Lipinski definition) is 4. The van der Waals surface area contributed by atoms with Crippen molar-refractivity contribution in [3.05, 3.63) is 69.5 Å². The quantitative estimate of drug-likeness (QED) is 0.367. The Morgan fingerprint density at radius 2 is 2.03 bits per heavy atom. The molecule has 2 fully saturated rings. The largest absolute Gasteiger partial charge is 0.495 e. The van der Waals surface area contributed by atoms with Crippen LogP contribution in [0.2, 0.25) is 10.0 Å². The lowest BCUT2D eigenvalue weighted by molar-refractivity contribution is 0.0954. The average molecular weight is 547 g/mol. The summed E-state index contributed by atoms with van der Waals surface area (Å²) in [6.07, 6.45) is 6.51. The maximum Gasteiger partial charge on any atom is 0.251 e. The van der Waals surface area contributed by atoms with Crippen molar-refractivity contribution in [1.29, 1.82) is 0 Å². The van der Waals surface area contributed by atoms with Crippen molar-refractivity contribution in [2.24, 2.45) is 0 Å². The number of hydrogen-bond acceptors (Lipinski definition) is 6. The third-order valence-electron chi connectivity index (χ3n) is 6.84. The molecule has 2 aliphatic heterocycles. The number of nitrogens with zero attached hydrogens (tertiary/aromatic N) is 1. The highest BCUT2D eigenvalue weighted by atomic mass is 35.5. The van der Waals surface area contributed by atoms with E-state index in [4.69, 9.17) is 27.9 Å². The summed E-state index contributed by atoms with van der Waals surface area (Å²) in [5.41, 5.74) is 2.32. The van der Waals surface area contributed by atoms with Crippen molar-refractivity contribution >= 4 is 34.8 Å². The summed E-state index contributed by atoms with van der Waals surface area (Å²) in [5, 5.41) is 14.9. The molecule has 4 rings (SSSR count). The number of nitrogens with one attached hydrogen (secondary N) is 4. The van der Waals surface area contributed by atoms with Crippen LogP contribution < -0.4 is 26.0 Å². The van der Waals surface area contributed by atoms with E-state index in [1.165, 1.54) is 12.8 Å². The number of ether oxygens (including phenoxy) is 1. The molecule has 2 atom stereocenters. The van der Waals surface area contributed by atoms with Gasteiger partial charge in [-0.15, -0.1) is 0 Å². The second-order valence-electron chi connectivity index (χ2n) is 9.69. The molecule has 1 unspecified atom stereocenters. The van der Waals surface area contributed by atoms with E-state index in [1.54, 1.807) is 25.3 Å². The lowest BCUT2D eigenvalue weighted by Gasteiger charge is -2.36. The van der Waals surface area contributed by atoms with E-state index >= 15 is 0 Å². The van der Waals surface area contributed by atoms with E-state index < -0.39 is 0 Å². The maximum atomic E-state index is 12.8. The van der Waals surface area contributed by atoms with E-state index in [0.717, 1.165) is 49.7 Å². The third-order valence-corrected chi connectivity index (χ3v) is 7.43. The van der Waals surface area contributed by atoms with Gasteiger partial charge in [0.05, 0.1) is 12.8 Å². The summed E-state index contributed by atoms with van der Waals surface area (Å²) in [6.45, 7) is 6.50. The Bertz CT molecular complexity index is 1100. The minimum atomic E-state index is -0.159. The minimum absolute atomic E-state index is 0.159. The Kier molecular flexibility index (Phi) is 9.97. The summed E-state index contributed by atoms with van der Waals surface area (Å²) in [7, 11) is 1.63. The molecule has 0 radical (unpaired) electrons. The fourth-order valence-corrected chi connectivity index (χ4v) is 5.30. The molecule has 9 heteroatoms. The van der Waals surface area contributed by atoms with Crippen LogP contribution in [0.4, 0.5) is 5.69 Å². The van der Waals surface area contributed by atoms with Gasteiger partial charge in [-0.2, -0.15) is 0 Å². The molecule has 4 N–H and O–H groups in total. The fraction of sp³-hybridized carbons (Fsp3) is 0.464. The average Bonchev–Trinajstić information content (AvgIpc) is 2.90. The topological polar surface area (TPSA) is 77.7 Å². The Hall–Kier alpha value is -2.45. The maximum absolute atomic E-state index is 12.8. The Morgan fingerprint density at radius 1 is 1.16 bits per heavy atom. The molecular formula is C28H37Cl2N5O2. The predicted molar refractivity (Wildman–Crippen MR) is 152 cm³/mol. The molecule has 37 heavy (non-hydrogen) atoms. The molecule has 0 saturated carbocycles. The van der Waals surface area contributed by atoms with Gasteiger partial charge in [0.2, 0.25) is 0 Å². The van der Waals surface area contributed by atoms with Gasteiger partial charge in [0.1, 0.15) is 11.6 Å². The van der Waals surface area contributed by atoms with Crippen molar-refractivity contribution in [1.82, 2.24) is 20.9 Å². The van der Waals surface area contributed by atoms with Gasteiger partial charge in [0.15, 0.2) is 0 Å². The Morgan fingerprint density at radius 3 is 2.76 bits per heavy atom. The number of anilines is 1. The monoisotopic (exact) mass is 545 g/mol. The highest BCUT2D eigenvalue weighted by Gasteiger charge is 2.21. The second kappa shape index (κ2) is 13.4. The smallest absolute Gasteiger partial charge is 0.251 e. The minimum Gasteiger partial charge on any atom is -0.495 e. The zero-order chi connectivity index (χ0) is 26.2. The number of halogens is 2. The summed E-state index contributed by atoms with van der Waals surface area (Å²) >= 11 is 12.2. The highest BCUT2D eigenvalue weighted by Crippen LogP contribution is 2.28. The first kappa shape index (κ1) is 27.6. The SMILES string of the molecule is COc1cc(C(=O)NCCc2ccc(Cl)cc2Cl)ccc1N/C(=C/C1CCCCN1)N1CCN[C@@H](C)C1. The van der Waals surface area contributed by atoms with Gasteiger partial charge in [0.25, 0.3) is 5.91 Å². The number of amides is 1. The van der Waals surface area contributed by atoms with E-state index in [0.29, 0.717) is 46.4 Å². The molecule has 2 aromatic rings.